The number of hydrogen-bond acceptors (Lipinski definition) is 9. The van der Waals surface area contributed by atoms with Gasteiger partial charge in [0, 0.05) is 57.2 Å². The Morgan fingerprint density at radius 1 is 1.15 bits per heavy atom. The number of phenolic OH excluding ortho intramolecular Hbond substituents is 1. The van der Waals surface area contributed by atoms with Gasteiger partial charge in [-0.3, -0.25) is 14.4 Å². The smallest absolute Gasteiger partial charge is 0.318 e. The number of carbonyl (C=O) groups excluding carboxylic acids is 1. The lowest BCUT2D eigenvalue weighted by atomic mass is 9.74. The minimum absolute atomic E-state index is 0.119. The Balaban J connectivity index is 1.17. The van der Waals surface area contributed by atoms with Crippen molar-refractivity contribution in [2.75, 3.05) is 45.2 Å². The molecule has 11 nitrogen and oxygen atoms in total. The predicted octanol–water partition coefficient (Wildman–Crippen LogP) is 4.40. The van der Waals surface area contributed by atoms with Gasteiger partial charge in [-0.25, -0.2) is 4.39 Å². The highest BCUT2D eigenvalue weighted by Gasteiger charge is 2.50. The van der Waals surface area contributed by atoms with E-state index < -0.39 is 11.8 Å². The quantitative estimate of drug-likeness (QED) is 0.424. The Bertz CT molecular complexity index is 1730. The highest BCUT2D eigenvalue weighted by molar-refractivity contribution is 6.31. The second kappa shape index (κ2) is 11.6. The average Bonchev–Trinajstić information content (AvgIpc) is 3.66. The normalized spacial score (nSPS) is 26.8. The maximum atomic E-state index is 14.6. The van der Waals surface area contributed by atoms with Gasteiger partial charge in [-0.2, -0.15) is 15.1 Å². The zero-order chi connectivity index (χ0) is 32.5. The van der Waals surface area contributed by atoms with Crippen LogP contribution in [0.3, 0.4) is 0 Å². The van der Waals surface area contributed by atoms with Gasteiger partial charge in [0.2, 0.25) is 0 Å². The Morgan fingerprint density at radius 2 is 2.02 bits per heavy atom. The molecular formula is C34H41ClFN7O4. The van der Waals surface area contributed by atoms with Crippen LogP contribution in [0.1, 0.15) is 77.1 Å². The van der Waals surface area contributed by atoms with E-state index in [4.69, 9.17) is 31.0 Å². The largest absolute Gasteiger partial charge is 0.508 e. The summed E-state index contributed by atoms with van der Waals surface area (Å²) in [7, 11) is 3.45. The topological polar surface area (TPSA) is 109 Å². The lowest BCUT2D eigenvalue weighted by molar-refractivity contribution is -0.0856. The first-order chi connectivity index (χ1) is 22.6. The van der Waals surface area contributed by atoms with Crippen molar-refractivity contribution in [3.63, 3.8) is 0 Å². The SMILES string of the molecule is CN(C)C(=O)c1cc2n(n1)CCCN(c1nc(OC[C@@]34CCCN3C[C@H](F)C4)nc3c1COC1(CCCc4c(Cl)cc(O)cc41)C3)C2. The number of hydrogen-bond donors (Lipinski definition) is 1. The first kappa shape index (κ1) is 30.8. The molecule has 3 aromatic rings. The summed E-state index contributed by atoms with van der Waals surface area (Å²) in [4.78, 5) is 28.8. The number of amides is 1. The van der Waals surface area contributed by atoms with Crippen LogP contribution in [0.15, 0.2) is 18.2 Å². The van der Waals surface area contributed by atoms with Crippen LogP contribution in [0.4, 0.5) is 10.2 Å². The van der Waals surface area contributed by atoms with Crippen LogP contribution in [0.2, 0.25) is 5.02 Å². The molecule has 5 aliphatic rings. The van der Waals surface area contributed by atoms with Crippen LogP contribution >= 0.6 is 11.6 Å². The third-order valence-electron chi connectivity index (χ3n) is 10.8. The summed E-state index contributed by atoms with van der Waals surface area (Å²) >= 11 is 6.63. The van der Waals surface area contributed by atoms with Gasteiger partial charge in [0.05, 0.1) is 35.7 Å². The fourth-order valence-corrected chi connectivity index (χ4v) is 8.88. The van der Waals surface area contributed by atoms with Crippen molar-refractivity contribution in [1.82, 2.24) is 29.5 Å². The number of phenols is 1. The van der Waals surface area contributed by atoms with Gasteiger partial charge >= 0.3 is 6.01 Å². The van der Waals surface area contributed by atoms with Gasteiger partial charge in [-0.1, -0.05) is 11.6 Å². The number of rotatable bonds is 5. The lowest BCUT2D eigenvalue weighted by Gasteiger charge is -2.43. The number of aromatic hydroxyl groups is 1. The van der Waals surface area contributed by atoms with E-state index in [-0.39, 0.29) is 23.2 Å². The minimum Gasteiger partial charge on any atom is -0.508 e. The van der Waals surface area contributed by atoms with E-state index in [0.29, 0.717) is 56.4 Å². The van der Waals surface area contributed by atoms with Gasteiger partial charge in [-0.05, 0) is 74.4 Å². The van der Waals surface area contributed by atoms with Crippen molar-refractivity contribution in [2.24, 2.45) is 0 Å². The third kappa shape index (κ3) is 5.32. The van der Waals surface area contributed by atoms with Gasteiger partial charge in [0.15, 0.2) is 5.69 Å². The maximum absolute atomic E-state index is 14.6. The summed E-state index contributed by atoms with van der Waals surface area (Å²) in [6.45, 7) is 3.88. The van der Waals surface area contributed by atoms with Crippen LogP contribution in [0.25, 0.3) is 0 Å². The number of carbonyl (C=O) groups is 1. The number of benzene rings is 1. The monoisotopic (exact) mass is 665 g/mol. The number of anilines is 1. The number of halogens is 2. The molecular weight excluding hydrogens is 625 g/mol. The molecule has 1 amide bonds. The van der Waals surface area contributed by atoms with Gasteiger partial charge in [0.25, 0.3) is 5.91 Å². The molecule has 0 saturated carbocycles. The van der Waals surface area contributed by atoms with Crippen molar-refractivity contribution < 1.29 is 23.8 Å². The number of nitrogens with zero attached hydrogens (tertiary/aromatic N) is 7. The lowest BCUT2D eigenvalue weighted by Crippen LogP contribution is -2.44. The summed E-state index contributed by atoms with van der Waals surface area (Å²) in [5.74, 6) is 0.733. The number of ether oxygens (including phenoxy) is 2. The maximum Gasteiger partial charge on any atom is 0.318 e. The molecule has 2 aromatic heterocycles. The van der Waals surface area contributed by atoms with Crippen LogP contribution in [0.5, 0.6) is 11.8 Å². The number of alkyl halides is 1. The Morgan fingerprint density at radius 3 is 2.87 bits per heavy atom. The average molecular weight is 666 g/mol. The van der Waals surface area contributed by atoms with Gasteiger partial charge in [0.1, 0.15) is 24.3 Å². The summed E-state index contributed by atoms with van der Waals surface area (Å²) in [5.41, 5.74) is 4.03. The van der Waals surface area contributed by atoms with E-state index in [1.807, 2.05) is 10.7 Å². The number of aromatic nitrogens is 4. The van der Waals surface area contributed by atoms with Crippen molar-refractivity contribution in [2.45, 2.75) is 88.4 Å². The van der Waals surface area contributed by atoms with Crippen LogP contribution < -0.4 is 9.64 Å². The molecule has 3 atom stereocenters. The molecule has 1 unspecified atom stereocenters. The molecule has 1 N–H and O–H groups in total. The van der Waals surface area contributed by atoms with E-state index in [1.54, 1.807) is 26.2 Å². The van der Waals surface area contributed by atoms with Crippen molar-refractivity contribution in [3.05, 3.63) is 57.0 Å². The molecule has 2 fully saturated rings. The van der Waals surface area contributed by atoms with Crippen molar-refractivity contribution >= 4 is 23.3 Å². The Labute approximate surface area is 278 Å². The highest BCUT2D eigenvalue weighted by atomic mass is 35.5. The van der Waals surface area contributed by atoms with Crippen molar-refractivity contribution in [3.8, 4) is 11.8 Å². The van der Waals surface area contributed by atoms with Crippen LogP contribution in [-0.4, -0.2) is 92.6 Å². The molecule has 0 radical (unpaired) electrons. The summed E-state index contributed by atoms with van der Waals surface area (Å²) < 4.78 is 29.7. The van der Waals surface area contributed by atoms with Crippen LogP contribution in [-0.2, 0) is 42.9 Å². The number of fused-ring (bicyclic) bond motifs is 5. The standard InChI is InChI=1S/C34H41ClFN7O4/c1-40(2)31(45)28-12-22-18-41(9-5-11-43(22)39-28)30-25-19-47-34(8-3-6-24-26(34)13-23(44)14-27(24)35)16-29(25)37-32(38-30)46-20-33-7-4-10-42(33)17-21(36)15-33/h12-14,21,44H,3-11,15-20H2,1-2H3/t21-,33+,34?/m1/s1. The molecule has 250 valence electrons. The molecule has 47 heavy (non-hydrogen) atoms. The highest BCUT2D eigenvalue weighted by Crippen LogP contribution is 2.49. The van der Waals surface area contributed by atoms with E-state index >= 15 is 0 Å². The Hall–Kier alpha value is -3.48. The van der Waals surface area contributed by atoms with E-state index in [9.17, 15) is 14.3 Å². The zero-order valence-electron chi connectivity index (χ0n) is 27.0. The first-order valence-electron chi connectivity index (χ1n) is 16.7. The summed E-state index contributed by atoms with van der Waals surface area (Å²) in [6.07, 6.45) is 5.34. The molecule has 13 heteroatoms. The van der Waals surface area contributed by atoms with E-state index in [2.05, 4.69) is 14.9 Å². The van der Waals surface area contributed by atoms with E-state index in [0.717, 1.165) is 85.5 Å². The number of aryl methyl sites for hydroxylation is 1. The molecule has 1 spiro atoms. The van der Waals surface area contributed by atoms with Gasteiger partial charge < -0.3 is 24.4 Å². The molecule has 0 bridgehead atoms. The molecule has 6 heterocycles. The molecule has 2 saturated heterocycles. The fraction of sp³-hybridized carbons (Fsp3) is 0.588. The minimum atomic E-state index is -0.850. The molecule has 1 aliphatic carbocycles. The van der Waals surface area contributed by atoms with Crippen LogP contribution in [0, 0.1) is 0 Å². The summed E-state index contributed by atoms with van der Waals surface area (Å²) in [5, 5.41) is 15.7. The summed E-state index contributed by atoms with van der Waals surface area (Å²) in [6, 6.07) is 5.54. The zero-order valence-corrected chi connectivity index (χ0v) is 27.7. The Kier molecular flexibility index (Phi) is 7.60. The third-order valence-corrected chi connectivity index (χ3v) is 11.2. The van der Waals surface area contributed by atoms with E-state index in [1.165, 1.54) is 4.90 Å². The predicted molar refractivity (Wildman–Crippen MR) is 173 cm³/mol. The fourth-order valence-electron chi connectivity index (χ4n) is 8.57. The molecule has 8 rings (SSSR count). The second-order valence-electron chi connectivity index (χ2n) is 14.1. The molecule has 4 aliphatic heterocycles. The van der Waals surface area contributed by atoms with Crippen molar-refractivity contribution in [1.29, 1.82) is 0 Å². The second-order valence-corrected chi connectivity index (χ2v) is 14.5. The van der Waals surface area contributed by atoms with Gasteiger partial charge in [-0.15, -0.1) is 0 Å². The molecule has 1 aromatic carbocycles. The first-order valence-corrected chi connectivity index (χ1v) is 17.1.